The molecule has 0 heterocycles. The predicted octanol–water partition coefficient (Wildman–Crippen LogP) is 3.36. The molecule has 0 spiro atoms. The second kappa shape index (κ2) is 4.45. The van der Waals surface area contributed by atoms with Gasteiger partial charge in [0, 0.05) is 12.9 Å². The summed E-state index contributed by atoms with van der Waals surface area (Å²) in [7, 11) is -1.83. The number of rotatable bonds is 4. The van der Waals surface area contributed by atoms with Crippen molar-refractivity contribution in [2.45, 2.75) is 6.92 Å². The largest absolute Gasteiger partial charge is 0.422 e. The van der Waals surface area contributed by atoms with Gasteiger partial charge in [0.2, 0.25) is 0 Å². The molecule has 1 rings (SSSR count). The first-order valence-electron chi connectivity index (χ1n) is 4.15. The first-order chi connectivity index (χ1) is 6.59. The first kappa shape index (κ1) is 11.0. The third-order valence-electron chi connectivity index (χ3n) is 1.70. The van der Waals surface area contributed by atoms with Crippen LogP contribution in [-0.4, -0.2) is 7.11 Å². The Hall–Kier alpha value is -1.05. The van der Waals surface area contributed by atoms with Gasteiger partial charge in [0.1, 0.15) is 5.75 Å². The van der Waals surface area contributed by atoms with Gasteiger partial charge < -0.3 is 9.05 Å². The molecular weight excluding hydrogens is 199 g/mol. The highest BCUT2D eigenvalue weighted by molar-refractivity contribution is 7.57. The van der Waals surface area contributed by atoms with Crippen LogP contribution in [0.1, 0.15) is 5.56 Å². The molecule has 14 heavy (non-hydrogen) atoms. The molecule has 0 aliphatic heterocycles. The lowest BCUT2D eigenvalue weighted by Gasteiger charge is -2.13. The van der Waals surface area contributed by atoms with E-state index in [1.807, 2.05) is 19.1 Å². The maximum atomic E-state index is 11.7. The molecule has 0 aromatic heterocycles. The van der Waals surface area contributed by atoms with Crippen molar-refractivity contribution < 1.29 is 13.6 Å². The molecule has 0 N–H and O–H groups in total. The highest BCUT2D eigenvalue weighted by Gasteiger charge is 2.18. The lowest BCUT2D eigenvalue weighted by Crippen LogP contribution is -1.92. The summed E-state index contributed by atoms with van der Waals surface area (Å²) in [6.07, 6.45) is 0. The van der Waals surface area contributed by atoms with Crippen molar-refractivity contribution in [3.63, 3.8) is 0 Å². The normalized spacial score (nSPS) is 14.4. The summed E-state index contributed by atoms with van der Waals surface area (Å²) in [6.45, 7) is 5.34. The van der Waals surface area contributed by atoms with Gasteiger partial charge in [0.05, 0.1) is 0 Å². The second-order valence-corrected chi connectivity index (χ2v) is 4.81. The monoisotopic (exact) mass is 212 g/mol. The van der Waals surface area contributed by atoms with E-state index in [0.717, 1.165) is 5.56 Å². The van der Waals surface area contributed by atoms with Crippen LogP contribution in [0.5, 0.6) is 5.75 Å². The van der Waals surface area contributed by atoms with Gasteiger partial charge in [-0.2, -0.15) is 0 Å². The highest BCUT2D eigenvalue weighted by atomic mass is 31.2. The molecule has 1 aromatic carbocycles. The molecule has 0 bridgehead atoms. The lowest BCUT2D eigenvalue weighted by molar-refractivity contribution is 0.333. The number of aryl methyl sites for hydroxylation is 1. The molecule has 0 radical (unpaired) electrons. The molecule has 0 saturated heterocycles. The van der Waals surface area contributed by atoms with Crippen molar-refractivity contribution >= 4 is 7.60 Å². The Labute approximate surface area is 83.9 Å². The van der Waals surface area contributed by atoms with Gasteiger partial charge in [-0.1, -0.05) is 18.7 Å². The van der Waals surface area contributed by atoms with Crippen LogP contribution in [-0.2, 0) is 9.09 Å². The SMILES string of the molecule is C=CP(=O)(OC)Oc1cccc(C)c1. The van der Waals surface area contributed by atoms with Gasteiger partial charge in [-0.25, -0.2) is 4.57 Å². The van der Waals surface area contributed by atoms with Gasteiger partial charge in [-0.15, -0.1) is 0 Å². The molecular formula is C10H13O3P. The van der Waals surface area contributed by atoms with Crippen LogP contribution in [0.15, 0.2) is 36.7 Å². The third kappa shape index (κ3) is 2.72. The smallest absolute Gasteiger partial charge is 0.402 e. The molecule has 1 aromatic rings. The van der Waals surface area contributed by atoms with Crippen LogP contribution in [0.25, 0.3) is 0 Å². The Balaban J connectivity index is 2.88. The maximum Gasteiger partial charge on any atom is 0.402 e. The topological polar surface area (TPSA) is 35.5 Å². The zero-order valence-electron chi connectivity index (χ0n) is 8.27. The number of benzene rings is 1. The summed E-state index contributed by atoms with van der Waals surface area (Å²) >= 11 is 0. The lowest BCUT2D eigenvalue weighted by atomic mass is 10.2. The standard InChI is InChI=1S/C10H13O3P/c1-4-14(11,12-3)13-10-7-5-6-9(2)8-10/h4-8H,1H2,2-3H3. The summed E-state index contributed by atoms with van der Waals surface area (Å²) in [5.74, 6) is 1.71. The van der Waals surface area contributed by atoms with E-state index in [0.29, 0.717) is 5.75 Å². The van der Waals surface area contributed by atoms with E-state index in [-0.39, 0.29) is 0 Å². The molecule has 0 amide bonds. The van der Waals surface area contributed by atoms with Crippen LogP contribution in [0.4, 0.5) is 0 Å². The zero-order valence-corrected chi connectivity index (χ0v) is 9.16. The highest BCUT2D eigenvalue weighted by Crippen LogP contribution is 2.48. The van der Waals surface area contributed by atoms with Gasteiger partial charge in [-0.05, 0) is 24.6 Å². The van der Waals surface area contributed by atoms with Gasteiger partial charge in [0.25, 0.3) is 0 Å². The summed E-state index contributed by atoms with van der Waals surface area (Å²) in [4.78, 5) is 0. The van der Waals surface area contributed by atoms with Gasteiger partial charge >= 0.3 is 7.60 Å². The molecule has 0 saturated carbocycles. The van der Waals surface area contributed by atoms with E-state index >= 15 is 0 Å². The van der Waals surface area contributed by atoms with Crippen LogP contribution in [0.3, 0.4) is 0 Å². The molecule has 4 heteroatoms. The van der Waals surface area contributed by atoms with Crippen molar-refractivity contribution in [2.24, 2.45) is 0 Å². The van der Waals surface area contributed by atoms with Crippen molar-refractivity contribution in [1.29, 1.82) is 0 Å². The molecule has 3 nitrogen and oxygen atoms in total. The van der Waals surface area contributed by atoms with Crippen molar-refractivity contribution in [2.75, 3.05) is 7.11 Å². The Morgan fingerprint density at radius 1 is 1.50 bits per heavy atom. The fraction of sp³-hybridized carbons (Fsp3) is 0.200. The Kier molecular flexibility index (Phi) is 3.50. The quantitative estimate of drug-likeness (QED) is 0.718. The molecule has 1 unspecified atom stereocenters. The fourth-order valence-electron chi connectivity index (χ4n) is 0.968. The predicted molar refractivity (Wildman–Crippen MR) is 56.6 cm³/mol. The number of hydrogen-bond donors (Lipinski definition) is 0. The van der Waals surface area contributed by atoms with Crippen molar-refractivity contribution in [3.05, 3.63) is 42.2 Å². The van der Waals surface area contributed by atoms with Crippen LogP contribution >= 0.6 is 7.60 Å². The van der Waals surface area contributed by atoms with Gasteiger partial charge in [-0.3, -0.25) is 0 Å². The van der Waals surface area contributed by atoms with E-state index < -0.39 is 7.60 Å². The molecule has 0 fully saturated rings. The molecule has 0 aliphatic rings. The van der Waals surface area contributed by atoms with Crippen LogP contribution in [0.2, 0.25) is 0 Å². The summed E-state index contributed by atoms with van der Waals surface area (Å²) < 4.78 is 21.6. The summed E-state index contributed by atoms with van der Waals surface area (Å²) in [5.41, 5.74) is 1.04. The maximum absolute atomic E-state index is 11.7. The average molecular weight is 212 g/mol. The average Bonchev–Trinajstić information content (AvgIpc) is 2.18. The zero-order chi connectivity index (χ0) is 10.6. The molecule has 0 aliphatic carbocycles. The minimum Gasteiger partial charge on any atom is -0.422 e. The summed E-state index contributed by atoms with van der Waals surface area (Å²) in [5, 5.41) is 0. The van der Waals surface area contributed by atoms with E-state index in [1.165, 1.54) is 12.9 Å². The van der Waals surface area contributed by atoms with E-state index in [9.17, 15) is 4.57 Å². The molecule has 76 valence electrons. The van der Waals surface area contributed by atoms with Crippen LogP contribution < -0.4 is 4.52 Å². The molecule has 1 atom stereocenters. The van der Waals surface area contributed by atoms with Crippen LogP contribution in [0, 0.1) is 6.92 Å². The Morgan fingerprint density at radius 2 is 2.21 bits per heavy atom. The Bertz CT molecular complexity index is 373. The van der Waals surface area contributed by atoms with E-state index in [4.69, 9.17) is 9.05 Å². The minimum absolute atomic E-state index is 0.523. The summed E-state index contributed by atoms with van der Waals surface area (Å²) in [6, 6.07) is 7.27. The van der Waals surface area contributed by atoms with Gasteiger partial charge in [0.15, 0.2) is 0 Å². The minimum atomic E-state index is -3.16. The Morgan fingerprint density at radius 3 is 2.71 bits per heavy atom. The first-order valence-corrected chi connectivity index (χ1v) is 5.76. The third-order valence-corrected chi connectivity index (χ3v) is 3.12. The van der Waals surface area contributed by atoms with Crippen molar-refractivity contribution in [3.8, 4) is 5.75 Å². The van der Waals surface area contributed by atoms with Crippen molar-refractivity contribution in [1.82, 2.24) is 0 Å². The second-order valence-electron chi connectivity index (χ2n) is 2.81. The number of hydrogen-bond acceptors (Lipinski definition) is 3. The van der Waals surface area contributed by atoms with E-state index in [2.05, 4.69) is 6.58 Å². The van der Waals surface area contributed by atoms with E-state index in [1.54, 1.807) is 12.1 Å². The fourth-order valence-corrected chi connectivity index (χ4v) is 1.67.